The molecule has 26 heavy (non-hydrogen) atoms. The second-order valence-corrected chi connectivity index (χ2v) is 6.55. The first kappa shape index (κ1) is 16.5. The summed E-state index contributed by atoms with van der Waals surface area (Å²) in [6, 6.07) is 10.4. The average Bonchev–Trinajstić information content (AvgIpc) is 3.30. The second-order valence-electron chi connectivity index (χ2n) is 6.55. The molecule has 1 N–H and O–H groups in total. The molecule has 1 saturated heterocycles. The minimum atomic E-state index is 0.355. The van der Waals surface area contributed by atoms with Gasteiger partial charge in [-0.1, -0.05) is 12.0 Å². The lowest BCUT2D eigenvalue weighted by Crippen LogP contribution is -2.15. The highest BCUT2D eigenvalue weighted by Gasteiger charge is 2.18. The van der Waals surface area contributed by atoms with Gasteiger partial charge in [-0.25, -0.2) is 9.97 Å². The maximum absolute atomic E-state index is 4.83. The lowest BCUT2D eigenvalue weighted by atomic mass is 10.1. The SMILES string of the molecule is Cc1cc(C#Cc2cn(-c3cccc(C4CCCN4)n3)c(C)n2)ccn1. The molecule has 1 fully saturated rings. The number of hydrogen-bond donors (Lipinski definition) is 1. The number of nitrogens with zero attached hydrogens (tertiary/aromatic N) is 4. The highest BCUT2D eigenvalue weighted by Crippen LogP contribution is 2.22. The summed E-state index contributed by atoms with van der Waals surface area (Å²) >= 11 is 0. The van der Waals surface area contributed by atoms with Crippen molar-refractivity contribution < 1.29 is 0 Å². The Hall–Kier alpha value is -2.97. The molecule has 3 aromatic rings. The van der Waals surface area contributed by atoms with Crippen LogP contribution >= 0.6 is 0 Å². The minimum absolute atomic E-state index is 0.355. The molecule has 5 nitrogen and oxygen atoms in total. The van der Waals surface area contributed by atoms with Crippen molar-refractivity contribution in [3.8, 4) is 17.7 Å². The first-order valence-corrected chi connectivity index (χ1v) is 8.90. The van der Waals surface area contributed by atoms with Crippen LogP contribution in [0.15, 0.2) is 42.7 Å². The molecular formula is C21H21N5. The maximum atomic E-state index is 4.83. The van der Waals surface area contributed by atoms with Crippen LogP contribution in [0.5, 0.6) is 0 Å². The Morgan fingerprint density at radius 2 is 2.08 bits per heavy atom. The Bertz CT molecular complexity index is 987. The van der Waals surface area contributed by atoms with Gasteiger partial charge in [0.2, 0.25) is 0 Å². The molecule has 1 aliphatic rings. The summed E-state index contributed by atoms with van der Waals surface area (Å²) in [4.78, 5) is 13.6. The van der Waals surface area contributed by atoms with Crippen molar-refractivity contribution in [2.75, 3.05) is 6.54 Å². The quantitative estimate of drug-likeness (QED) is 0.727. The number of pyridine rings is 2. The van der Waals surface area contributed by atoms with E-state index in [9.17, 15) is 0 Å². The monoisotopic (exact) mass is 343 g/mol. The highest BCUT2D eigenvalue weighted by molar-refractivity contribution is 5.41. The van der Waals surface area contributed by atoms with Gasteiger partial charge in [0.15, 0.2) is 0 Å². The fourth-order valence-corrected chi connectivity index (χ4v) is 3.23. The highest BCUT2D eigenvalue weighted by atomic mass is 15.1. The van der Waals surface area contributed by atoms with Crippen LogP contribution < -0.4 is 5.32 Å². The Morgan fingerprint density at radius 3 is 2.88 bits per heavy atom. The van der Waals surface area contributed by atoms with Gasteiger partial charge in [-0.2, -0.15) is 0 Å². The van der Waals surface area contributed by atoms with Crippen LogP contribution in [0, 0.1) is 25.7 Å². The van der Waals surface area contributed by atoms with E-state index in [1.54, 1.807) is 6.20 Å². The van der Waals surface area contributed by atoms with E-state index in [4.69, 9.17) is 4.98 Å². The van der Waals surface area contributed by atoms with Crippen LogP contribution in [0.1, 0.15) is 47.4 Å². The second kappa shape index (κ2) is 7.11. The molecule has 5 heteroatoms. The number of hydrogen-bond acceptors (Lipinski definition) is 4. The fraction of sp³-hybridized carbons (Fsp3) is 0.286. The van der Waals surface area contributed by atoms with Crippen molar-refractivity contribution in [3.63, 3.8) is 0 Å². The normalized spacial score (nSPS) is 16.3. The van der Waals surface area contributed by atoms with E-state index in [0.717, 1.165) is 47.3 Å². The molecule has 0 aromatic carbocycles. The van der Waals surface area contributed by atoms with Gasteiger partial charge in [0.25, 0.3) is 0 Å². The van der Waals surface area contributed by atoms with Gasteiger partial charge >= 0.3 is 0 Å². The Balaban J connectivity index is 1.62. The van der Waals surface area contributed by atoms with E-state index in [1.807, 2.05) is 42.8 Å². The largest absolute Gasteiger partial charge is 0.309 e. The molecule has 0 spiro atoms. The van der Waals surface area contributed by atoms with Crippen molar-refractivity contribution in [1.82, 2.24) is 24.8 Å². The van der Waals surface area contributed by atoms with E-state index < -0.39 is 0 Å². The lowest BCUT2D eigenvalue weighted by Gasteiger charge is -2.11. The number of imidazole rings is 1. The average molecular weight is 343 g/mol. The van der Waals surface area contributed by atoms with Crippen LogP contribution in [0.4, 0.5) is 0 Å². The summed E-state index contributed by atoms with van der Waals surface area (Å²) < 4.78 is 2.00. The summed E-state index contributed by atoms with van der Waals surface area (Å²) in [6.45, 7) is 5.00. The zero-order valence-electron chi connectivity index (χ0n) is 15.0. The first-order chi connectivity index (χ1) is 12.7. The number of aromatic nitrogens is 4. The zero-order chi connectivity index (χ0) is 17.9. The third-order valence-corrected chi connectivity index (χ3v) is 4.53. The fourth-order valence-electron chi connectivity index (χ4n) is 3.23. The van der Waals surface area contributed by atoms with Crippen LogP contribution in [0.25, 0.3) is 5.82 Å². The first-order valence-electron chi connectivity index (χ1n) is 8.90. The molecule has 1 unspecified atom stereocenters. The Kier molecular flexibility index (Phi) is 4.51. The van der Waals surface area contributed by atoms with E-state index in [0.29, 0.717) is 6.04 Å². The van der Waals surface area contributed by atoms with E-state index >= 15 is 0 Å². The Labute approximate surface area is 153 Å². The Morgan fingerprint density at radius 1 is 1.15 bits per heavy atom. The molecule has 1 atom stereocenters. The van der Waals surface area contributed by atoms with Gasteiger partial charge in [-0.15, -0.1) is 0 Å². The smallest absolute Gasteiger partial charge is 0.138 e. The van der Waals surface area contributed by atoms with Crippen molar-refractivity contribution in [2.45, 2.75) is 32.7 Å². The third-order valence-electron chi connectivity index (χ3n) is 4.53. The van der Waals surface area contributed by atoms with Gasteiger partial charge in [0.05, 0.1) is 5.69 Å². The van der Waals surface area contributed by atoms with E-state index in [2.05, 4.69) is 39.3 Å². The van der Waals surface area contributed by atoms with Gasteiger partial charge in [0.1, 0.15) is 17.3 Å². The molecule has 0 saturated carbocycles. The molecule has 130 valence electrons. The van der Waals surface area contributed by atoms with Gasteiger partial charge < -0.3 is 5.32 Å². The van der Waals surface area contributed by atoms with E-state index in [1.165, 1.54) is 6.42 Å². The third kappa shape index (κ3) is 3.51. The van der Waals surface area contributed by atoms with Crippen molar-refractivity contribution in [3.05, 3.63) is 71.2 Å². The molecule has 4 heterocycles. The number of rotatable bonds is 2. The summed E-state index contributed by atoms with van der Waals surface area (Å²) in [5, 5.41) is 3.50. The van der Waals surface area contributed by atoms with Crippen LogP contribution in [-0.2, 0) is 0 Å². The van der Waals surface area contributed by atoms with Gasteiger partial charge in [-0.3, -0.25) is 9.55 Å². The summed E-state index contributed by atoms with van der Waals surface area (Å²) in [5.41, 5.74) is 3.73. The number of aryl methyl sites for hydroxylation is 2. The summed E-state index contributed by atoms with van der Waals surface area (Å²) in [6.07, 6.45) is 6.07. The maximum Gasteiger partial charge on any atom is 0.138 e. The van der Waals surface area contributed by atoms with Crippen molar-refractivity contribution in [2.24, 2.45) is 0 Å². The van der Waals surface area contributed by atoms with Crippen LogP contribution in [0.2, 0.25) is 0 Å². The molecule has 4 rings (SSSR count). The van der Waals surface area contributed by atoms with Crippen LogP contribution in [0.3, 0.4) is 0 Å². The van der Waals surface area contributed by atoms with Gasteiger partial charge in [-0.05, 0) is 63.4 Å². The zero-order valence-corrected chi connectivity index (χ0v) is 15.0. The molecular weight excluding hydrogens is 322 g/mol. The molecule has 0 bridgehead atoms. The summed E-state index contributed by atoms with van der Waals surface area (Å²) in [7, 11) is 0. The molecule has 0 amide bonds. The standard InChI is InChI=1S/C21H21N5/c1-15-13-17(10-12-22-15)8-9-18-14-26(16(2)24-18)21-7-3-5-20(25-21)19-6-4-11-23-19/h3,5,7,10,12-14,19,23H,4,6,11H2,1-2H3. The molecule has 0 aliphatic carbocycles. The molecule has 1 aliphatic heterocycles. The van der Waals surface area contributed by atoms with Crippen molar-refractivity contribution in [1.29, 1.82) is 0 Å². The molecule has 0 radical (unpaired) electrons. The van der Waals surface area contributed by atoms with E-state index in [-0.39, 0.29) is 0 Å². The lowest BCUT2D eigenvalue weighted by molar-refractivity contribution is 0.625. The predicted molar refractivity (Wildman–Crippen MR) is 101 cm³/mol. The van der Waals surface area contributed by atoms with Crippen molar-refractivity contribution >= 4 is 0 Å². The summed E-state index contributed by atoms with van der Waals surface area (Å²) in [5.74, 6) is 8.05. The minimum Gasteiger partial charge on any atom is -0.309 e. The van der Waals surface area contributed by atoms with Gasteiger partial charge in [0, 0.05) is 29.7 Å². The molecule has 3 aromatic heterocycles. The predicted octanol–water partition coefficient (Wildman–Crippen LogP) is 3.10. The van der Waals surface area contributed by atoms with Crippen LogP contribution in [-0.4, -0.2) is 26.1 Å². The topological polar surface area (TPSA) is 55.6 Å². The number of nitrogens with one attached hydrogen (secondary N) is 1.